The molecule has 2 aromatic heterocycles. The summed E-state index contributed by atoms with van der Waals surface area (Å²) in [4.78, 5) is 21.9. The van der Waals surface area contributed by atoms with Gasteiger partial charge in [-0.25, -0.2) is 4.98 Å². The van der Waals surface area contributed by atoms with Gasteiger partial charge in [0.25, 0.3) is 5.91 Å². The number of benzene rings is 2. The van der Waals surface area contributed by atoms with E-state index in [-0.39, 0.29) is 5.91 Å². The Morgan fingerprint density at radius 2 is 1.83 bits per heavy atom. The van der Waals surface area contributed by atoms with Gasteiger partial charge in [0, 0.05) is 17.1 Å². The summed E-state index contributed by atoms with van der Waals surface area (Å²) < 4.78 is 10.9. The van der Waals surface area contributed by atoms with Crippen molar-refractivity contribution in [2.45, 2.75) is 0 Å². The number of amides is 1. The topological polar surface area (TPSA) is 73.3 Å². The lowest BCUT2D eigenvalue weighted by Crippen LogP contribution is -2.13. The van der Waals surface area contributed by atoms with Gasteiger partial charge in [-0.1, -0.05) is 18.2 Å². The molecule has 6 nitrogen and oxygen atoms in total. The lowest BCUT2D eigenvalue weighted by Gasteiger charge is -2.13. The third kappa shape index (κ3) is 3.73. The van der Waals surface area contributed by atoms with E-state index in [1.54, 1.807) is 44.8 Å². The molecule has 0 saturated carbocycles. The normalized spacial score (nSPS) is 10.6. The lowest BCUT2D eigenvalue weighted by molar-refractivity contribution is 0.102. The largest absolute Gasteiger partial charge is 0.497 e. The highest BCUT2D eigenvalue weighted by molar-refractivity contribution is 6.13. The van der Waals surface area contributed by atoms with Gasteiger partial charge in [0.05, 0.1) is 42.9 Å². The number of hydrogen-bond donors (Lipinski definition) is 1. The molecule has 0 aliphatic carbocycles. The molecule has 0 bridgehead atoms. The van der Waals surface area contributed by atoms with E-state index in [1.165, 1.54) is 0 Å². The Bertz CT molecular complexity index is 1180. The van der Waals surface area contributed by atoms with E-state index in [4.69, 9.17) is 14.5 Å². The summed E-state index contributed by atoms with van der Waals surface area (Å²) in [5, 5.41) is 3.66. The van der Waals surface area contributed by atoms with Crippen LogP contribution in [0.15, 0.2) is 73.1 Å². The van der Waals surface area contributed by atoms with E-state index in [9.17, 15) is 4.79 Å². The maximum Gasteiger partial charge on any atom is 0.256 e. The maximum atomic E-state index is 13.1. The fraction of sp³-hybridized carbons (Fsp3) is 0.0870. The number of nitrogens with zero attached hydrogens (tertiary/aromatic N) is 2. The SMILES string of the molecule is COc1ccc(OC)c(-c2cc(C(=O)Nc3cccnc3)c3ccccc3n2)c1. The van der Waals surface area contributed by atoms with Crippen molar-refractivity contribution in [3.8, 4) is 22.8 Å². The molecule has 1 N–H and O–H groups in total. The number of fused-ring (bicyclic) bond motifs is 1. The molecule has 4 rings (SSSR count). The van der Waals surface area contributed by atoms with Gasteiger partial charge >= 0.3 is 0 Å². The fourth-order valence-corrected chi connectivity index (χ4v) is 3.15. The zero-order valence-corrected chi connectivity index (χ0v) is 16.0. The first-order valence-electron chi connectivity index (χ1n) is 9.03. The van der Waals surface area contributed by atoms with Crippen LogP contribution in [0.25, 0.3) is 22.2 Å². The summed E-state index contributed by atoms with van der Waals surface area (Å²) in [6.07, 6.45) is 3.26. The number of carbonyl (C=O) groups excluding carboxylic acids is 1. The van der Waals surface area contributed by atoms with Crippen LogP contribution in [0.1, 0.15) is 10.4 Å². The van der Waals surface area contributed by atoms with Crippen LogP contribution in [0.5, 0.6) is 11.5 Å². The molecule has 4 aromatic rings. The Balaban J connectivity index is 1.87. The Hall–Kier alpha value is -3.93. The quantitative estimate of drug-likeness (QED) is 0.545. The van der Waals surface area contributed by atoms with Crippen LogP contribution in [0.2, 0.25) is 0 Å². The number of aromatic nitrogens is 2. The minimum Gasteiger partial charge on any atom is -0.497 e. The second-order valence-electron chi connectivity index (χ2n) is 6.33. The predicted octanol–water partition coefficient (Wildman–Crippen LogP) is 4.57. The Morgan fingerprint density at radius 3 is 2.59 bits per heavy atom. The highest BCUT2D eigenvalue weighted by Crippen LogP contribution is 2.34. The van der Waals surface area contributed by atoms with E-state index in [2.05, 4.69) is 10.3 Å². The first kappa shape index (κ1) is 18.4. The van der Waals surface area contributed by atoms with Crippen molar-refractivity contribution >= 4 is 22.5 Å². The number of carbonyl (C=O) groups is 1. The molecule has 0 fully saturated rings. The van der Waals surface area contributed by atoms with Gasteiger partial charge in [0.1, 0.15) is 11.5 Å². The van der Waals surface area contributed by atoms with Gasteiger partial charge in [0.2, 0.25) is 0 Å². The van der Waals surface area contributed by atoms with E-state index in [0.717, 1.165) is 10.9 Å². The van der Waals surface area contributed by atoms with E-state index < -0.39 is 0 Å². The molecule has 29 heavy (non-hydrogen) atoms. The number of rotatable bonds is 5. The number of para-hydroxylation sites is 1. The van der Waals surface area contributed by atoms with Gasteiger partial charge in [0.15, 0.2) is 0 Å². The first-order valence-corrected chi connectivity index (χ1v) is 9.03. The first-order chi connectivity index (χ1) is 14.2. The third-order valence-electron chi connectivity index (χ3n) is 4.56. The summed E-state index contributed by atoms with van der Waals surface area (Å²) in [6, 6.07) is 18.4. The molecule has 2 aromatic carbocycles. The molecule has 0 aliphatic heterocycles. The molecule has 0 atom stereocenters. The van der Waals surface area contributed by atoms with Crippen molar-refractivity contribution in [1.82, 2.24) is 9.97 Å². The second kappa shape index (κ2) is 7.98. The van der Waals surface area contributed by atoms with Crippen LogP contribution < -0.4 is 14.8 Å². The second-order valence-corrected chi connectivity index (χ2v) is 6.33. The van der Waals surface area contributed by atoms with Crippen LogP contribution in [0.4, 0.5) is 5.69 Å². The van der Waals surface area contributed by atoms with Crippen molar-refractivity contribution in [2.24, 2.45) is 0 Å². The highest BCUT2D eigenvalue weighted by atomic mass is 16.5. The molecule has 0 radical (unpaired) electrons. The Kier molecular flexibility index (Phi) is 5.07. The van der Waals surface area contributed by atoms with E-state index >= 15 is 0 Å². The van der Waals surface area contributed by atoms with Crippen LogP contribution in [0, 0.1) is 0 Å². The van der Waals surface area contributed by atoms with Crippen molar-refractivity contribution < 1.29 is 14.3 Å². The summed E-state index contributed by atoms with van der Waals surface area (Å²) in [5.74, 6) is 1.09. The smallest absolute Gasteiger partial charge is 0.256 e. The molecule has 1 amide bonds. The highest BCUT2D eigenvalue weighted by Gasteiger charge is 2.17. The standard InChI is InChI=1S/C23H19N3O3/c1-28-16-9-10-22(29-2)19(12-16)21-13-18(17-7-3-4-8-20(17)26-21)23(27)25-15-6-5-11-24-14-15/h3-14H,1-2H3,(H,25,27). The van der Waals surface area contributed by atoms with Crippen LogP contribution in [0.3, 0.4) is 0 Å². The van der Waals surface area contributed by atoms with Gasteiger partial charge in [-0.05, 0) is 42.5 Å². The van der Waals surface area contributed by atoms with Crippen LogP contribution in [-0.2, 0) is 0 Å². The summed E-state index contributed by atoms with van der Waals surface area (Å²) in [7, 11) is 3.20. The number of hydrogen-bond acceptors (Lipinski definition) is 5. The fourth-order valence-electron chi connectivity index (χ4n) is 3.15. The number of ether oxygens (including phenoxy) is 2. The molecule has 0 aliphatic rings. The van der Waals surface area contributed by atoms with Crippen molar-refractivity contribution in [1.29, 1.82) is 0 Å². The van der Waals surface area contributed by atoms with Crippen LogP contribution >= 0.6 is 0 Å². The molecule has 2 heterocycles. The monoisotopic (exact) mass is 385 g/mol. The molecule has 0 saturated heterocycles. The van der Waals surface area contributed by atoms with Gasteiger partial charge in [-0.2, -0.15) is 0 Å². The predicted molar refractivity (Wildman–Crippen MR) is 112 cm³/mol. The van der Waals surface area contributed by atoms with E-state index in [0.29, 0.717) is 34.0 Å². The van der Waals surface area contributed by atoms with Crippen LogP contribution in [-0.4, -0.2) is 30.1 Å². The maximum absolute atomic E-state index is 13.1. The molecule has 0 spiro atoms. The zero-order chi connectivity index (χ0) is 20.2. The lowest BCUT2D eigenvalue weighted by atomic mass is 10.0. The molecule has 6 heteroatoms. The molecular formula is C23H19N3O3. The van der Waals surface area contributed by atoms with Gasteiger partial charge in [-0.15, -0.1) is 0 Å². The number of pyridine rings is 2. The van der Waals surface area contributed by atoms with E-state index in [1.807, 2.05) is 42.5 Å². The minimum atomic E-state index is -0.236. The van der Waals surface area contributed by atoms with Gasteiger partial charge < -0.3 is 14.8 Å². The Labute approximate surface area is 168 Å². The molecule has 0 unspecified atom stereocenters. The Morgan fingerprint density at radius 1 is 0.966 bits per heavy atom. The van der Waals surface area contributed by atoms with Crippen molar-refractivity contribution in [3.05, 3.63) is 78.6 Å². The average Bonchev–Trinajstić information content (AvgIpc) is 2.78. The number of anilines is 1. The molecular weight excluding hydrogens is 366 g/mol. The third-order valence-corrected chi connectivity index (χ3v) is 4.56. The summed E-state index contributed by atoms with van der Waals surface area (Å²) >= 11 is 0. The zero-order valence-electron chi connectivity index (χ0n) is 16.0. The van der Waals surface area contributed by atoms with Gasteiger partial charge in [-0.3, -0.25) is 9.78 Å². The summed E-state index contributed by atoms with van der Waals surface area (Å²) in [6.45, 7) is 0. The number of nitrogens with one attached hydrogen (secondary N) is 1. The average molecular weight is 385 g/mol. The molecule has 144 valence electrons. The number of methoxy groups -OCH3 is 2. The summed E-state index contributed by atoms with van der Waals surface area (Å²) in [5.41, 5.74) is 3.22. The minimum absolute atomic E-state index is 0.236. The van der Waals surface area contributed by atoms with Crippen molar-refractivity contribution in [2.75, 3.05) is 19.5 Å². The van der Waals surface area contributed by atoms with Crippen molar-refractivity contribution in [3.63, 3.8) is 0 Å².